The summed E-state index contributed by atoms with van der Waals surface area (Å²) in [6.07, 6.45) is 3.47. The van der Waals surface area contributed by atoms with Gasteiger partial charge in [-0.1, -0.05) is 20.3 Å². The summed E-state index contributed by atoms with van der Waals surface area (Å²) < 4.78 is 0. The van der Waals surface area contributed by atoms with Crippen molar-refractivity contribution in [1.82, 2.24) is 9.97 Å². The van der Waals surface area contributed by atoms with Crippen molar-refractivity contribution < 1.29 is 0 Å². The summed E-state index contributed by atoms with van der Waals surface area (Å²) in [6.45, 7) is 9.49. The molecule has 1 rings (SSSR count). The van der Waals surface area contributed by atoms with Crippen LogP contribution in [0.4, 0.5) is 11.6 Å². The van der Waals surface area contributed by atoms with Gasteiger partial charge in [0.1, 0.15) is 17.5 Å². The highest BCUT2D eigenvalue weighted by Crippen LogP contribution is 2.18. The fourth-order valence-corrected chi connectivity index (χ4v) is 1.91. The first kappa shape index (κ1) is 14.7. The average molecular weight is 250 g/mol. The van der Waals surface area contributed by atoms with E-state index in [1.54, 1.807) is 0 Å². The molecule has 0 fully saturated rings. The van der Waals surface area contributed by atoms with Gasteiger partial charge in [0, 0.05) is 25.7 Å². The minimum atomic E-state index is 0.503. The van der Waals surface area contributed by atoms with Gasteiger partial charge < -0.3 is 10.2 Å². The molecular formula is C14H26N4. The molecule has 0 bridgehead atoms. The van der Waals surface area contributed by atoms with Crippen LogP contribution < -0.4 is 10.2 Å². The number of hydrogen-bond donors (Lipinski definition) is 1. The highest BCUT2D eigenvalue weighted by molar-refractivity contribution is 5.49. The molecule has 1 aromatic heterocycles. The maximum Gasteiger partial charge on any atom is 0.134 e. The van der Waals surface area contributed by atoms with Gasteiger partial charge in [-0.15, -0.1) is 0 Å². The predicted molar refractivity (Wildman–Crippen MR) is 78.3 cm³/mol. The second-order valence-electron chi connectivity index (χ2n) is 4.83. The van der Waals surface area contributed by atoms with Gasteiger partial charge in [0.05, 0.1) is 0 Å². The SMILES string of the molecule is CCCNc1cc(N(C)C(C)CCC)nc(C)n1. The number of nitrogens with one attached hydrogen (secondary N) is 1. The van der Waals surface area contributed by atoms with E-state index in [1.807, 2.05) is 13.0 Å². The van der Waals surface area contributed by atoms with Gasteiger partial charge in [-0.05, 0) is 26.7 Å². The van der Waals surface area contributed by atoms with Crippen molar-refractivity contribution in [3.63, 3.8) is 0 Å². The molecule has 1 aromatic rings. The van der Waals surface area contributed by atoms with Crippen LogP contribution in [0.5, 0.6) is 0 Å². The highest BCUT2D eigenvalue weighted by atomic mass is 15.2. The summed E-state index contributed by atoms with van der Waals surface area (Å²) in [5.41, 5.74) is 0. The van der Waals surface area contributed by atoms with Crippen LogP contribution in [0.1, 0.15) is 45.9 Å². The Bertz CT molecular complexity index is 365. The lowest BCUT2D eigenvalue weighted by Crippen LogP contribution is -2.29. The number of anilines is 2. The normalized spacial score (nSPS) is 12.3. The molecule has 0 aliphatic carbocycles. The second kappa shape index (κ2) is 7.19. The molecule has 0 aromatic carbocycles. The zero-order chi connectivity index (χ0) is 13.5. The van der Waals surface area contributed by atoms with Crippen molar-refractivity contribution in [3.8, 4) is 0 Å². The maximum atomic E-state index is 4.52. The Balaban J connectivity index is 2.84. The quantitative estimate of drug-likeness (QED) is 0.806. The van der Waals surface area contributed by atoms with Crippen molar-refractivity contribution in [2.45, 2.75) is 53.0 Å². The van der Waals surface area contributed by atoms with Crippen LogP contribution in [-0.4, -0.2) is 29.6 Å². The first-order valence-corrected chi connectivity index (χ1v) is 6.90. The Labute approximate surface area is 111 Å². The lowest BCUT2D eigenvalue weighted by Gasteiger charge is -2.26. The summed E-state index contributed by atoms with van der Waals surface area (Å²) in [5.74, 6) is 2.75. The summed E-state index contributed by atoms with van der Waals surface area (Å²) >= 11 is 0. The van der Waals surface area contributed by atoms with Gasteiger partial charge in [0.15, 0.2) is 0 Å². The van der Waals surface area contributed by atoms with E-state index in [4.69, 9.17) is 0 Å². The molecule has 1 atom stereocenters. The topological polar surface area (TPSA) is 41.0 Å². The second-order valence-corrected chi connectivity index (χ2v) is 4.83. The molecule has 0 aliphatic rings. The largest absolute Gasteiger partial charge is 0.370 e. The molecule has 0 spiro atoms. The smallest absolute Gasteiger partial charge is 0.134 e. The highest BCUT2D eigenvalue weighted by Gasteiger charge is 2.12. The average Bonchev–Trinajstić information content (AvgIpc) is 2.35. The van der Waals surface area contributed by atoms with Crippen LogP contribution >= 0.6 is 0 Å². The van der Waals surface area contributed by atoms with E-state index in [1.165, 1.54) is 12.8 Å². The first-order valence-electron chi connectivity index (χ1n) is 6.90. The first-order chi connectivity index (χ1) is 8.58. The van der Waals surface area contributed by atoms with Crippen LogP contribution in [-0.2, 0) is 0 Å². The van der Waals surface area contributed by atoms with Crippen molar-refractivity contribution in [2.75, 3.05) is 23.8 Å². The Kier molecular flexibility index (Phi) is 5.89. The lowest BCUT2D eigenvalue weighted by molar-refractivity contribution is 0.610. The standard InChI is InChI=1S/C14H26N4/c1-6-8-11(3)18(5)14-10-13(15-9-7-2)16-12(4)17-14/h10-11H,6-9H2,1-5H3,(H,15,16,17). The molecule has 0 saturated heterocycles. The van der Waals surface area contributed by atoms with Crippen molar-refractivity contribution in [1.29, 1.82) is 0 Å². The third-order valence-electron chi connectivity index (χ3n) is 3.11. The molecule has 4 heteroatoms. The van der Waals surface area contributed by atoms with E-state index >= 15 is 0 Å². The summed E-state index contributed by atoms with van der Waals surface area (Å²) in [4.78, 5) is 11.2. The van der Waals surface area contributed by atoms with Crippen LogP contribution in [0.3, 0.4) is 0 Å². The Morgan fingerprint density at radius 3 is 2.61 bits per heavy atom. The molecular weight excluding hydrogens is 224 g/mol. The molecule has 1 heterocycles. The molecule has 0 aliphatic heterocycles. The predicted octanol–water partition coefficient (Wildman–Crippen LogP) is 3.23. The van der Waals surface area contributed by atoms with Gasteiger partial charge in [0.25, 0.3) is 0 Å². The Morgan fingerprint density at radius 2 is 2.00 bits per heavy atom. The van der Waals surface area contributed by atoms with E-state index in [-0.39, 0.29) is 0 Å². The Hall–Kier alpha value is -1.32. The van der Waals surface area contributed by atoms with Gasteiger partial charge in [0.2, 0.25) is 0 Å². The number of rotatable bonds is 7. The number of aryl methyl sites for hydroxylation is 1. The van der Waals surface area contributed by atoms with Gasteiger partial charge in [-0.25, -0.2) is 9.97 Å². The van der Waals surface area contributed by atoms with E-state index < -0.39 is 0 Å². The third kappa shape index (κ3) is 4.17. The maximum absolute atomic E-state index is 4.52. The zero-order valence-electron chi connectivity index (χ0n) is 12.3. The fourth-order valence-electron chi connectivity index (χ4n) is 1.91. The molecule has 0 radical (unpaired) electrons. The lowest BCUT2D eigenvalue weighted by atomic mass is 10.2. The minimum absolute atomic E-state index is 0.503. The molecule has 1 N–H and O–H groups in total. The van der Waals surface area contributed by atoms with Crippen molar-refractivity contribution in [2.24, 2.45) is 0 Å². The minimum Gasteiger partial charge on any atom is -0.370 e. The zero-order valence-corrected chi connectivity index (χ0v) is 12.3. The Morgan fingerprint density at radius 1 is 1.28 bits per heavy atom. The fraction of sp³-hybridized carbons (Fsp3) is 0.714. The van der Waals surface area contributed by atoms with Gasteiger partial charge in [-0.3, -0.25) is 0 Å². The monoisotopic (exact) mass is 250 g/mol. The third-order valence-corrected chi connectivity index (χ3v) is 3.11. The van der Waals surface area contributed by atoms with Gasteiger partial charge >= 0.3 is 0 Å². The van der Waals surface area contributed by atoms with E-state index in [9.17, 15) is 0 Å². The number of aromatic nitrogens is 2. The molecule has 0 saturated carbocycles. The van der Waals surface area contributed by atoms with Crippen LogP contribution in [0.15, 0.2) is 6.07 Å². The molecule has 1 unspecified atom stereocenters. The molecule has 0 amide bonds. The van der Waals surface area contributed by atoms with E-state index in [2.05, 4.69) is 48.0 Å². The number of hydrogen-bond acceptors (Lipinski definition) is 4. The van der Waals surface area contributed by atoms with Crippen molar-refractivity contribution >= 4 is 11.6 Å². The van der Waals surface area contributed by atoms with Crippen LogP contribution in [0, 0.1) is 6.92 Å². The summed E-state index contributed by atoms with van der Waals surface area (Å²) in [5, 5.41) is 3.32. The van der Waals surface area contributed by atoms with Crippen LogP contribution in [0.25, 0.3) is 0 Å². The molecule has 102 valence electrons. The van der Waals surface area contributed by atoms with Crippen molar-refractivity contribution in [3.05, 3.63) is 11.9 Å². The summed E-state index contributed by atoms with van der Waals surface area (Å²) in [6, 6.07) is 2.54. The summed E-state index contributed by atoms with van der Waals surface area (Å²) in [7, 11) is 2.10. The van der Waals surface area contributed by atoms with E-state index in [0.29, 0.717) is 6.04 Å². The molecule has 18 heavy (non-hydrogen) atoms. The van der Waals surface area contributed by atoms with E-state index in [0.717, 1.165) is 30.4 Å². The van der Waals surface area contributed by atoms with Crippen LogP contribution in [0.2, 0.25) is 0 Å². The number of nitrogens with zero attached hydrogens (tertiary/aromatic N) is 3. The van der Waals surface area contributed by atoms with Gasteiger partial charge in [-0.2, -0.15) is 0 Å². The molecule has 4 nitrogen and oxygen atoms in total.